The first kappa shape index (κ1) is 10.7. The Hall–Kier alpha value is -0.840. The second-order valence-corrected chi connectivity index (χ2v) is 3.94. The van der Waals surface area contributed by atoms with E-state index in [-0.39, 0.29) is 12.7 Å². The van der Waals surface area contributed by atoms with Crippen LogP contribution in [0, 0.1) is 6.92 Å². The number of hydrogen-bond donors (Lipinski definition) is 1. The van der Waals surface area contributed by atoms with E-state index in [1.54, 1.807) is 6.26 Å². The Morgan fingerprint density at radius 2 is 2.47 bits per heavy atom. The summed E-state index contributed by atoms with van der Waals surface area (Å²) in [6, 6.07) is 1.97. The third-order valence-corrected chi connectivity index (χ3v) is 2.76. The predicted octanol–water partition coefficient (Wildman–Crippen LogP) is 0.781. The van der Waals surface area contributed by atoms with Crippen LogP contribution in [-0.4, -0.2) is 42.4 Å². The van der Waals surface area contributed by atoms with Gasteiger partial charge in [0.15, 0.2) is 0 Å². The van der Waals surface area contributed by atoms with Crippen molar-refractivity contribution in [2.75, 3.05) is 26.3 Å². The fourth-order valence-corrected chi connectivity index (χ4v) is 1.80. The van der Waals surface area contributed by atoms with Crippen LogP contribution in [0.1, 0.15) is 11.3 Å². The predicted molar refractivity (Wildman–Crippen MR) is 55.5 cm³/mol. The summed E-state index contributed by atoms with van der Waals surface area (Å²) in [7, 11) is 0. The molecule has 1 aliphatic heterocycles. The molecule has 0 aromatic carbocycles. The van der Waals surface area contributed by atoms with Gasteiger partial charge in [0, 0.05) is 13.1 Å². The molecule has 1 aliphatic rings. The average Bonchev–Trinajstić information content (AvgIpc) is 2.65. The summed E-state index contributed by atoms with van der Waals surface area (Å²) in [6.45, 7) is 5.30. The number of ether oxygens (including phenoxy) is 1. The molecule has 0 spiro atoms. The highest BCUT2D eigenvalue weighted by molar-refractivity contribution is 5.14. The van der Waals surface area contributed by atoms with Gasteiger partial charge in [0.2, 0.25) is 0 Å². The van der Waals surface area contributed by atoms with E-state index in [4.69, 9.17) is 14.3 Å². The summed E-state index contributed by atoms with van der Waals surface area (Å²) in [5, 5.41) is 9.01. The Labute approximate surface area is 89.4 Å². The van der Waals surface area contributed by atoms with Crippen molar-refractivity contribution in [1.82, 2.24) is 4.90 Å². The van der Waals surface area contributed by atoms with Crippen molar-refractivity contribution in [3.8, 4) is 0 Å². The summed E-state index contributed by atoms with van der Waals surface area (Å²) < 4.78 is 10.8. The summed E-state index contributed by atoms with van der Waals surface area (Å²) >= 11 is 0. The first-order chi connectivity index (χ1) is 7.29. The molecule has 1 fully saturated rings. The Kier molecular flexibility index (Phi) is 3.41. The van der Waals surface area contributed by atoms with Crippen LogP contribution in [0.3, 0.4) is 0 Å². The zero-order valence-corrected chi connectivity index (χ0v) is 8.98. The maximum atomic E-state index is 9.01. The van der Waals surface area contributed by atoms with Gasteiger partial charge in [-0.3, -0.25) is 4.90 Å². The molecule has 0 amide bonds. The fourth-order valence-electron chi connectivity index (χ4n) is 1.80. The molecule has 0 bridgehead atoms. The molecule has 4 heteroatoms. The summed E-state index contributed by atoms with van der Waals surface area (Å²) in [6.07, 6.45) is 1.67. The average molecular weight is 211 g/mol. The van der Waals surface area contributed by atoms with Crippen molar-refractivity contribution in [3.63, 3.8) is 0 Å². The number of aliphatic hydroxyl groups is 1. The highest BCUT2D eigenvalue weighted by Crippen LogP contribution is 2.14. The van der Waals surface area contributed by atoms with E-state index < -0.39 is 0 Å². The van der Waals surface area contributed by atoms with Crippen molar-refractivity contribution >= 4 is 0 Å². The first-order valence-electron chi connectivity index (χ1n) is 5.27. The maximum absolute atomic E-state index is 9.01. The first-order valence-corrected chi connectivity index (χ1v) is 5.27. The largest absolute Gasteiger partial charge is 0.468 e. The molecule has 1 aromatic heterocycles. The SMILES string of the molecule is Cc1ccoc1CN1CCOC(CO)C1. The number of hydrogen-bond acceptors (Lipinski definition) is 4. The van der Waals surface area contributed by atoms with Crippen LogP contribution in [0.15, 0.2) is 16.7 Å². The topological polar surface area (TPSA) is 45.8 Å². The van der Waals surface area contributed by atoms with E-state index in [0.717, 1.165) is 25.4 Å². The normalized spacial score (nSPS) is 23.2. The zero-order chi connectivity index (χ0) is 10.7. The lowest BCUT2D eigenvalue weighted by Crippen LogP contribution is -2.43. The molecule has 1 unspecified atom stereocenters. The van der Waals surface area contributed by atoms with Gasteiger partial charge in [-0.15, -0.1) is 0 Å². The molecule has 1 atom stereocenters. The minimum absolute atomic E-state index is 0.0472. The van der Waals surface area contributed by atoms with Crippen LogP contribution >= 0.6 is 0 Å². The van der Waals surface area contributed by atoms with E-state index in [1.165, 1.54) is 5.56 Å². The van der Waals surface area contributed by atoms with Crippen LogP contribution in [-0.2, 0) is 11.3 Å². The number of rotatable bonds is 3. The number of morpholine rings is 1. The minimum atomic E-state index is -0.0472. The highest BCUT2D eigenvalue weighted by atomic mass is 16.5. The third-order valence-electron chi connectivity index (χ3n) is 2.76. The Morgan fingerprint density at radius 1 is 1.60 bits per heavy atom. The quantitative estimate of drug-likeness (QED) is 0.802. The molecular formula is C11H17NO3. The van der Waals surface area contributed by atoms with E-state index in [2.05, 4.69) is 4.90 Å². The van der Waals surface area contributed by atoms with Crippen LogP contribution in [0.4, 0.5) is 0 Å². The number of furan rings is 1. The minimum Gasteiger partial charge on any atom is -0.468 e. The molecule has 1 saturated heterocycles. The zero-order valence-electron chi connectivity index (χ0n) is 8.98. The lowest BCUT2D eigenvalue weighted by molar-refractivity contribution is -0.0565. The summed E-state index contributed by atoms with van der Waals surface area (Å²) in [5.41, 5.74) is 1.18. The van der Waals surface area contributed by atoms with Crippen molar-refractivity contribution < 1.29 is 14.3 Å². The molecule has 1 N–H and O–H groups in total. The Morgan fingerprint density at radius 3 is 3.13 bits per heavy atom. The molecule has 15 heavy (non-hydrogen) atoms. The van der Waals surface area contributed by atoms with Crippen LogP contribution in [0.2, 0.25) is 0 Å². The Balaban J connectivity index is 1.92. The van der Waals surface area contributed by atoms with Gasteiger partial charge in [-0.25, -0.2) is 0 Å². The van der Waals surface area contributed by atoms with Gasteiger partial charge in [0.1, 0.15) is 5.76 Å². The fraction of sp³-hybridized carbons (Fsp3) is 0.636. The standard InChI is InChI=1S/C11H17NO3/c1-9-2-4-15-11(9)7-12-3-5-14-10(6-12)8-13/h2,4,10,13H,3,5-8H2,1H3. The number of aryl methyl sites for hydroxylation is 1. The Bertz CT molecular complexity index is 311. The maximum Gasteiger partial charge on any atom is 0.120 e. The van der Waals surface area contributed by atoms with Crippen molar-refractivity contribution in [2.24, 2.45) is 0 Å². The van der Waals surface area contributed by atoms with E-state index in [0.29, 0.717) is 6.61 Å². The van der Waals surface area contributed by atoms with Crippen molar-refractivity contribution in [2.45, 2.75) is 19.6 Å². The van der Waals surface area contributed by atoms with Gasteiger partial charge in [0.05, 0.1) is 32.1 Å². The molecule has 0 radical (unpaired) electrons. The molecule has 1 aromatic rings. The molecule has 2 rings (SSSR count). The highest BCUT2D eigenvalue weighted by Gasteiger charge is 2.20. The molecule has 4 nitrogen and oxygen atoms in total. The van der Waals surface area contributed by atoms with Crippen molar-refractivity contribution in [1.29, 1.82) is 0 Å². The van der Waals surface area contributed by atoms with E-state index in [9.17, 15) is 0 Å². The second-order valence-electron chi connectivity index (χ2n) is 3.94. The smallest absolute Gasteiger partial charge is 0.120 e. The van der Waals surface area contributed by atoms with Gasteiger partial charge in [0.25, 0.3) is 0 Å². The number of nitrogens with zero attached hydrogens (tertiary/aromatic N) is 1. The number of aliphatic hydroxyl groups excluding tert-OH is 1. The summed E-state index contributed by atoms with van der Waals surface area (Å²) in [5.74, 6) is 1.01. The van der Waals surface area contributed by atoms with Crippen LogP contribution in [0.25, 0.3) is 0 Å². The lowest BCUT2D eigenvalue weighted by Gasteiger charge is -2.31. The monoisotopic (exact) mass is 211 g/mol. The van der Waals surface area contributed by atoms with Gasteiger partial charge >= 0.3 is 0 Å². The molecule has 84 valence electrons. The molecule has 2 heterocycles. The van der Waals surface area contributed by atoms with Gasteiger partial charge < -0.3 is 14.3 Å². The van der Waals surface area contributed by atoms with Crippen LogP contribution in [0.5, 0.6) is 0 Å². The molecule has 0 saturated carbocycles. The van der Waals surface area contributed by atoms with Gasteiger partial charge in [-0.1, -0.05) is 0 Å². The second kappa shape index (κ2) is 4.79. The lowest BCUT2D eigenvalue weighted by atomic mass is 10.2. The van der Waals surface area contributed by atoms with Gasteiger partial charge in [-0.2, -0.15) is 0 Å². The molecule has 0 aliphatic carbocycles. The van der Waals surface area contributed by atoms with E-state index in [1.807, 2.05) is 13.0 Å². The molecular weight excluding hydrogens is 194 g/mol. The van der Waals surface area contributed by atoms with Gasteiger partial charge in [-0.05, 0) is 18.6 Å². The van der Waals surface area contributed by atoms with Crippen molar-refractivity contribution in [3.05, 3.63) is 23.7 Å². The van der Waals surface area contributed by atoms with Crippen LogP contribution < -0.4 is 0 Å². The van der Waals surface area contributed by atoms with E-state index >= 15 is 0 Å². The third kappa shape index (κ3) is 2.59. The summed E-state index contributed by atoms with van der Waals surface area (Å²) in [4.78, 5) is 2.25.